The highest BCUT2D eigenvalue weighted by molar-refractivity contribution is 7.17. The number of benzene rings is 1. The van der Waals surface area contributed by atoms with E-state index in [0.717, 1.165) is 43.4 Å². The zero-order chi connectivity index (χ0) is 21.5. The Bertz CT molecular complexity index is 864. The highest BCUT2D eigenvalue weighted by Gasteiger charge is 2.29. The average Bonchev–Trinajstić information content (AvgIpc) is 3.09. The molecule has 1 aliphatic rings. The summed E-state index contributed by atoms with van der Waals surface area (Å²) >= 11 is 1.52. The van der Waals surface area contributed by atoms with Crippen molar-refractivity contribution < 1.29 is 14.3 Å². The van der Waals surface area contributed by atoms with E-state index in [0.29, 0.717) is 23.7 Å². The second kappa shape index (κ2) is 10.7. The molecule has 6 nitrogen and oxygen atoms in total. The second-order valence-electron chi connectivity index (χ2n) is 7.73. The van der Waals surface area contributed by atoms with E-state index < -0.39 is 6.04 Å². The number of carbonyl (C=O) groups excluding carboxylic acids is 2. The van der Waals surface area contributed by atoms with Gasteiger partial charge in [0.15, 0.2) is 0 Å². The molecule has 0 radical (unpaired) electrons. The maximum absolute atomic E-state index is 13.3. The van der Waals surface area contributed by atoms with Gasteiger partial charge in [0.2, 0.25) is 5.91 Å². The highest BCUT2D eigenvalue weighted by Crippen LogP contribution is 2.39. The zero-order valence-electron chi connectivity index (χ0n) is 18.0. The monoisotopic (exact) mass is 429 g/mol. The third-order valence-electron chi connectivity index (χ3n) is 5.19. The topological polar surface area (TPSA) is 70.7 Å². The van der Waals surface area contributed by atoms with Crippen molar-refractivity contribution in [1.82, 2.24) is 10.2 Å². The molecular formula is C23H31N3O3S. The molecule has 2 aromatic rings. The molecule has 0 saturated heterocycles. The van der Waals surface area contributed by atoms with Gasteiger partial charge >= 0.3 is 5.97 Å². The van der Waals surface area contributed by atoms with Gasteiger partial charge in [-0.1, -0.05) is 30.3 Å². The molecule has 3 rings (SSSR count). The predicted octanol–water partition coefficient (Wildman–Crippen LogP) is 3.63. The maximum Gasteiger partial charge on any atom is 0.341 e. The zero-order valence-corrected chi connectivity index (χ0v) is 18.8. The van der Waals surface area contributed by atoms with Crippen molar-refractivity contribution in [1.29, 1.82) is 0 Å². The molecule has 7 heteroatoms. The van der Waals surface area contributed by atoms with Gasteiger partial charge < -0.3 is 20.3 Å². The number of likely N-dealkylation sites (N-methyl/N-ethyl adjacent to an activating group) is 1. The summed E-state index contributed by atoms with van der Waals surface area (Å²) in [7, 11) is 4.00. The van der Waals surface area contributed by atoms with Crippen molar-refractivity contribution >= 4 is 28.2 Å². The fourth-order valence-electron chi connectivity index (χ4n) is 3.70. The number of rotatable bonds is 9. The molecule has 1 heterocycles. The summed E-state index contributed by atoms with van der Waals surface area (Å²) in [6.45, 7) is 3.61. The lowest BCUT2D eigenvalue weighted by Crippen LogP contribution is -2.36. The Hall–Kier alpha value is -2.22. The Morgan fingerprint density at radius 1 is 1.17 bits per heavy atom. The second-order valence-corrected chi connectivity index (χ2v) is 8.83. The molecule has 1 aromatic carbocycles. The van der Waals surface area contributed by atoms with Crippen LogP contribution < -0.4 is 10.6 Å². The van der Waals surface area contributed by atoms with Crippen LogP contribution in [-0.2, 0) is 22.4 Å². The van der Waals surface area contributed by atoms with E-state index in [9.17, 15) is 9.59 Å². The number of fused-ring (bicyclic) bond motifs is 1. The van der Waals surface area contributed by atoms with Crippen molar-refractivity contribution in [3.63, 3.8) is 0 Å². The summed E-state index contributed by atoms with van der Waals surface area (Å²) < 4.78 is 5.31. The number of thiophene rings is 1. The lowest BCUT2D eigenvalue weighted by molar-refractivity contribution is -0.118. The van der Waals surface area contributed by atoms with Crippen LogP contribution in [0.4, 0.5) is 5.00 Å². The first-order valence-electron chi connectivity index (χ1n) is 10.6. The van der Waals surface area contributed by atoms with Crippen LogP contribution in [0, 0.1) is 0 Å². The van der Waals surface area contributed by atoms with Gasteiger partial charge in [-0.2, -0.15) is 0 Å². The number of hydrogen-bond acceptors (Lipinski definition) is 6. The number of nitrogens with zero attached hydrogens (tertiary/aromatic N) is 1. The molecule has 0 unspecified atom stereocenters. The van der Waals surface area contributed by atoms with Gasteiger partial charge in [-0.15, -0.1) is 11.3 Å². The normalized spacial score (nSPS) is 14.3. The summed E-state index contributed by atoms with van der Waals surface area (Å²) in [4.78, 5) is 29.2. The Balaban J connectivity index is 1.86. The SMILES string of the molecule is CCOC(=O)c1c(NC(=O)[C@@H](NCCN(C)C)c2ccccc2)sc2c1CCCC2. The van der Waals surface area contributed by atoms with Crippen LogP contribution in [0.2, 0.25) is 0 Å². The number of ether oxygens (including phenoxy) is 1. The van der Waals surface area contributed by atoms with E-state index in [-0.39, 0.29) is 11.9 Å². The fraction of sp³-hybridized carbons (Fsp3) is 0.478. The van der Waals surface area contributed by atoms with Crippen LogP contribution in [0.5, 0.6) is 0 Å². The number of carbonyl (C=O) groups is 2. The number of hydrogen-bond donors (Lipinski definition) is 2. The van der Waals surface area contributed by atoms with Crippen molar-refractivity contribution in [3.05, 3.63) is 51.9 Å². The van der Waals surface area contributed by atoms with Gasteiger partial charge in [-0.3, -0.25) is 4.79 Å². The van der Waals surface area contributed by atoms with E-state index in [1.54, 1.807) is 6.92 Å². The standard InChI is InChI=1S/C23H31N3O3S/c1-4-29-23(28)19-17-12-8-9-13-18(17)30-22(19)25-21(27)20(24-14-15-26(2)3)16-10-6-5-7-11-16/h5-7,10-11,20,24H,4,8-9,12-15H2,1-3H3,(H,25,27)/t20-/m0/s1. The largest absolute Gasteiger partial charge is 0.462 e. The molecule has 0 spiro atoms. The van der Waals surface area contributed by atoms with E-state index in [1.807, 2.05) is 44.4 Å². The summed E-state index contributed by atoms with van der Waals surface area (Å²) in [6.07, 6.45) is 3.98. The summed E-state index contributed by atoms with van der Waals surface area (Å²) in [5.74, 6) is -0.506. The first-order valence-corrected chi connectivity index (χ1v) is 11.4. The van der Waals surface area contributed by atoms with Gasteiger partial charge in [0.1, 0.15) is 11.0 Å². The summed E-state index contributed by atoms with van der Waals surface area (Å²) in [5.41, 5.74) is 2.49. The van der Waals surface area contributed by atoms with Crippen molar-refractivity contribution in [2.24, 2.45) is 0 Å². The summed E-state index contributed by atoms with van der Waals surface area (Å²) in [6, 6.07) is 9.18. The number of esters is 1. The minimum absolute atomic E-state index is 0.163. The summed E-state index contributed by atoms with van der Waals surface area (Å²) in [5, 5.41) is 7.02. The highest BCUT2D eigenvalue weighted by atomic mass is 32.1. The van der Waals surface area contributed by atoms with Gasteiger partial charge in [-0.05, 0) is 57.8 Å². The fourth-order valence-corrected chi connectivity index (χ4v) is 4.98. The van der Waals surface area contributed by atoms with Gasteiger partial charge in [0.25, 0.3) is 0 Å². The van der Waals surface area contributed by atoms with Crippen LogP contribution in [0.25, 0.3) is 0 Å². The van der Waals surface area contributed by atoms with Gasteiger partial charge in [0, 0.05) is 18.0 Å². The van der Waals surface area contributed by atoms with Crippen molar-refractivity contribution in [2.45, 2.75) is 38.6 Å². The molecule has 1 amide bonds. The van der Waals surface area contributed by atoms with E-state index >= 15 is 0 Å². The Morgan fingerprint density at radius 2 is 1.90 bits per heavy atom. The van der Waals surface area contributed by atoms with Crippen LogP contribution in [0.3, 0.4) is 0 Å². The van der Waals surface area contributed by atoms with E-state index in [1.165, 1.54) is 16.2 Å². The molecule has 1 aromatic heterocycles. The molecule has 0 bridgehead atoms. The molecule has 0 aliphatic heterocycles. The molecule has 2 N–H and O–H groups in total. The van der Waals surface area contributed by atoms with Crippen LogP contribution in [-0.4, -0.2) is 50.6 Å². The number of anilines is 1. The smallest absolute Gasteiger partial charge is 0.341 e. The molecule has 30 heavy (non-hydrogen) atoms. The van der Waals surface area contributed by atoms with Crippen LogP contribution in [0.15, 0.2) is 30.3 Å². The molecule has 162 valence electrons. The first kappa shape index (κ1) is 22.5. The lowest BCUT2D eigenvalue weighted by Gasteiger charge is -2.20. The van der Waals surface area contributed by atoms with Crippen molar-refractivity contribution in [2.75, 3.05) is 39.1 Å². The Labute approximate surface area is 182 Å². The molecule has 1 aliphatic carbocycles. The van der Waals surface area contributed by atoms with Gasteiger partial charge in [0.05, 0.1) is 12.2 Å². The third kappa shape index (κ3) is 5.47. The van der Waals surface area contributed by atoms with Gasteiger partial charge in [-0.25, -0.2) is 4.79 Å². The van der Waals surface area contributed by atoms with Crippen LogP contribution >= 0.6 is 11.3 Å². The van der Waals surface area contributed by atoms with E-state index in [4.69, 9.17) is 4.74 Å². The quantitative estimate of drug-likeness (QED) is 0.596. The van der Waals surface area contributed by atoms with Crippen molar-refractivity contribution in [3.8, 4) is 0 Å². The minimum atomic E-state index is -0.500. The minimum Gasteiger partial charge on any atom is -0.462 e. The molecule has 0 saturated carbocycles. The predicted molar refractivity (Wildman–Crippen MR) is 121 cm³/mol. The molecular weight excluding hydrogens is 398 g/mol. The van der Waals surface area contributed by atoms with E-state index in [2.05, 4.69) is 15.5 Å². The molecule has 0 fully saturated rings. The third-order valence-corrected chi connectivity index (χ3v) is 6.40. The van der Waals surface area contributed by atoms with Crippen LogP contribution in [0.1, 0.15) is 52.2 Å². The molecule has 1 atom stereocenters. The first-order chi connectivity index (χ1) is 14.5. The number of nitrogens with one attached hydrogen (secondary N) is 2. The Kier molecular flexibility index (Phi) is 8.01. The average molecular weight is 430 g/mol. The number of amides is 1. The number of aryl methyl sites for hydroxylation is 1. The maximum atomic E-state index is 13.3. The lowest BCUT2D eigenvalue weighted by atomic mass is 9.95. The Morgan fingerprint density at radius 3 is 2.60 bits per heavy atom.